The van der Waals surface area contributed by atoms with Crippen molar-refractivity contribution in [1.29, 1.82) is 0 Å². The minimum atomic E-state index is 0.517. The van der Waals surface area contributed by atoms with Gasteiger partial charge in [0.05, 0.1) is 16.3 Å². The summed E-state index contributed by atoms with van der Waals surface area (Å²) < 4.78 is 0. The van der Waals surface area contributed by atoms with E-state index in [0.29, 0.717) is 21.2 Å². The minimum absolute atomic E-state index is 0.517. The maximum Gasteiger partial charge on any atom is 0.187 e. The van der Waals surface area contributed by atoms with Crippen LogP contribution in [0.2, 0.25) is 10.0 Å². The van der Waals surface area contributed by atoms with Gasteiger partial charge in [0.2, 0.25) is 0 Å². The van der Waals surface area contributed by atoms with Gasteiger partial charge in [0.1, 0.15) is 0 Å². The van der Waals surface area contributed by atoms with Crippen molar-refractivity contribution < 1.29 is 0 Å². The van der Waals surface area contributed by atoms with Crippen molar-refractivity contribution in [3.63, 3.8) is 0 Å². The first-order valence-corrected chi connectivity index (χ1v) is 8.33. The second-order valence-electron chi connectivity index (χ2n) is 5.80. The highest BCUT2D eigenvalue weighted by molar-refractivity contribution is 7.80. The summed E-state index contributed by atoms with van der Waals surface area (Å²) in [4.78, 5) is 0. The van der Waals surface area contributed by atoms with Crippen LogP contribution in [-0.2, 0) is 0 Å². The molecule has 0 heterocycles. The molecule has 2 aliphatic rings. The van der Waals surface area contributed by atoms with E-state index in [2.05, 4.69) is 15.8 Å². The largest absolute Gasteiger partial charge is 0.358 e. The highest BCUT2D eigenvalue weighted by atomic mass is 35.5. The SMILES string of the molecule is S=C(N/N=C/c1ccc(Cl)c(Cl)c1)NC1CC2CCC1C2. The maximum absolute atomic E-state index is 5.95. The van der Waals surface area contributed by atoms with Crippen LogP contribution in [0.1, 0.15) is 31.2 Å². The number of benzene rings is 1. The lowest BCUT2D eigenvalue weighted by Gasteiger charge is -2.23. The van der Waals surface area contributed by atoms with Gasteiger partial charge in [-0.2, -0.15) is 5.10 Å². The molecule has 21 heavy (non-hydrogen) atoms. The lowest BCUT2D eigenvalue weighted by molar-refractivity contribution is 0.389. The Labute approximate surface area is 140 Å². The number of hydrazone groups is 1. The van der Waals surface area contributed by atoms with Gasteiger partial charge < -0.3 is 5.32 Å². The molecule has 2 fully saturated rings. The molecule has 2 bridgehead atoms. The highest BCUT2D eigenvalue weighted by Crippen LogP contribution is 2.44. The van der Waals surface area contributed by atoms with Gasteiger partial charge in [-0.1, -0.05) is 35.7 Å². The third-order valence-corrected chi connectivity index (χ3v) is 5.33. The van der Waals surface area contributed by atoms with Crippen molar-refractivity contribution >= 4 is 46.7 Å². The zero-order chi connectivity index (χ0) is 14.8. The molecule has 1 aromatic rings. The van der Waals surface area contributed by atoms with E-state index in [1.165, 1.54) is 25.7 Å². The molecule has 0 spiro atoms. The summed E-state index contributed by atoms with van der Waals surface area (Å²) in [5, 5.41) is 9.15. The van der Waals surface area contributed by atoms with Gasteiger partial charge in [-0.05, 0) is 61.0 Å². The van der Waals surface area contributed by atoms with Gasteiger partial charge in [-0.15, -0.1) is 0 Å². The average Bonchev–Trinajstić information content (AvgIpc) is 3.05. The van der Waals surface area contributed by atoms with Crippen molar-refractivity contribution in [3.05, 3.63) is 33.8 Å². The zero-order valence-corrected chi connectivity index (χ0v) is 13.8. The van der Waals surface area contributed by atoms with Gasteiger partial charge in [0, 0.05) is 6.04 Å². The molecular weight excluding hydrogens is 325 g/mol. The first kappa shape index (κ1) is 15.1. The number of hydrogen-bond donors (Lipinski definition) is 2. The van der Waals surface area contributed by atoms with Crippen molar-refractivity contribution in [2.45, 2.75) is 31.7 Å². The molecule has 3 nitrogen and oxygen atoms in total. The fourth-order valence-corrected chi connectivity index (χ4v) is 3.89. The maximum atomic E-state index is 5.95. The molecule has 112 valence electrons. The van der Waals surface area contributed by atoms with Crippen LogP contribution in [-0.4, -0.2) is 17.4 Å². The van der Waals surface area contributed by atoms with Crippen LogP contribution in [0.15, 0.2) is 23.3 Å². The van der Waals surface area contributed by atoms with Crippen LogP contribution in [0.25, 0.3) is 0 Å². The lowest BCUT2D eigenvalue weighted by Crippen LogP contribution is -2.42. The van der Waals surface area contributed by atoms with E-state index < -0.39 is 0 Å². The van der Waals surface area contributed by atoms with Crippen LogP contribution in [0.3, 0.4) is 0 Å². The Morgan fingerprint density at radius 3 is 2.76 bits per heavy atom. The summed E-state index contributed by atoms with van der Waals surface area (Å²) >= 11 is 17.1. The van der Waals surface area contributed by atoms with Crippen LogP contribution in [0, 0.1) is 11.8 Å². The van der Waals surface area contributed by atoms with Gasteiger partial charge in [-0.3, -0.25) is 5.43 Å². The summed E-state index contributed by atoms with van der Waals surface area (Å²) in [6, 6.07) is 5.88. The molecule has 3 atom stereocenters. The van der Waals surface area contributed by atoms with Crippen LogP contribution < -0.4 is 10.7 Å². The number of fused-ring (bicyclic) bond motifs is 2. The summed E-state index contributed by atoms with van der Waals surface area (Å²) in [6.07, 6.45) is 6.99. The lowest BCUT2D eigenvalue weighted by atomic mass is 9.96. The monoisotopic (exact) mass is 341 g/mol. The van der Waals surface area contributed by atoms with Crippen LogP contribution in [0.5, 0.6) is 0 Å². The Hall–Kier alpha value is -0.840. The Morgan fingerprint density at radius 2 is 2.10 bits per heavy atom. The van der Waals surface area contributed by atoms with E-state index in [-0.39, 0.29) is 0 Å². The number of thiocarbonyl (C=S) groups is 1. The first-order valence-electron chi connectivity index (χ1n) is 7.16. The molecule has 0 aliphatic heterocycles. The van der Waals surface area contributed by atoms with Gasteiger partial charge in [0.15, 0.2) is 5.11 Å². The molecule has 2 N–H and O–H groups in total. The second kappa shape index (κ2) is 6.51. The summed E-state index contributed by atoms with van der Waals surface area (Å²) in [5.74, 6) is 1.68. The van der Waals surface area contributed by atoms with Gasteiger partial charge in [0.25, 0.3) is 0 Å². The molecule has 3 rings (SSSR count). The van der Waals surface area contributed by atoms with E-state index in [1.54, 1.807) is 18.3 Å². The smallest absolute Gasteiger partial charge is 0.187 e. The van der Waals surface area contributed by atoms with E-state index in [0.717, 1.165) is 17.4 Å². The average molecular weight is 342 g/mol. The van der Waals surface area contributed by atoms with Crippen molar-refractivity contribution in [1.82, 2.24) is 10.7 Å². The van der Waals surface area contributed by atoms with Gasteiger partial charge in [-0.25, -0.2) is 0 Å². The molecule has 2 saturated carbocycles. The normalized spacial score (nSPS) is 27.2. The summed E-state index contributed by atoms with van der Waals surface area (Å²) in [7, 11) is 0. The molecular formula is C15H17Cl2N3S. The third-order valence-electron chi connectivity index (χ3n) is 4.38. The van der Waals surface area contributed by atoms with Crippen LogP contribution >= 0.6 is 35.4 Å². The van der Waals surface area contributed by atoms with Gasteiger partial charge >= 0.3 is 0 Å². The van der Waals surface area contributed by atoms with Crippen molar-refractivity contribution in [2.24, 2.45) is 16.9 Å². The number of halogens is 2. The van der Waals surface area contributed by atoms with Crippen LogP contribution in [0.4, 0.5) is 0 Å². The Bertz CT molecular complexity index is 576. The fraction of sp³-hybridized carbons (Fsp3) is 0.467. The highest BCUT2D eigenvalue weighted by Gasteiger charge is 2.39. The number of hydrogen-bond acceptors (Lipinski definition) is 2. The van der Waals surface area contributed by atoms with Crippen molar-refractivity contribution in [3.8, 4) is 0 Å². The molecule has 0 radical (unpaired) electrons. The predicted octanol–water partition coefficient (Wildman–Crippen LogP) is 3.98. The zero-order valence-electron chi connectivity index (χ0n) is 11.5. The van der Waals surface area contributed by atoms with E-state index in [4.69, 9.17) is 35.4 Å². The Balaban J connectivity index is 1.49. The number of nitrogens with one attached hydrogen (secondary N) is 2. The van der Waals surface area contributed by atoms with Crippen molar-refractivity contribution in [2.75, 3.05) is 0 Å². The molecule has 0 aromatic heterocycles. The third kappa shape index (κ3) is 3.68. The first-order chi connectivity index (χ1) is 10.1. The molecule has 1 aromatic carbocycles. The summed E-state index contributed by atoms with van der Waals surface area (Å²) in [5.41, 5.74) is 3.74. The second-order valence-corrected chi connectivity index (χ2v) is 7.02. The topological polar surface area (TPSA) is 36.4 Å². The standard InChI is InChI=1S/C15H17Cl2N3S/c16-12-4-2-10(6-13(12)17)8-18-20-15(21)19-14-7-9-1-3-11(14)5-9/h2,4,6,8-9,11,14H,1,3,5,7H2,(H2,19,20,21)/b18-8+. The Kier molecular flexibility index (Phi) is 4.67. The molecule has 0 amide bonds. The minimum Gasteiger partial charge on any atom is -0.358 e. The molecule has 6 heteroatoms. The Morgan fingerprint density at radius 1 is 1.24 bits per heavy atom. The fourth-order valence-electron chi connectivity index (χ4n) is 3.38. The molecule has 0 saturated heterocycles. The van der Waals surface area contributed by atoms with E-state index >= 15 is 0 Å². The predicted molar refractivity (Wildman–Crippen MR) is 92.2 cm³/mol. The summed E-state index contributed by atoms with van der Waals surface area (Å²) in [6.45, 7) is 0. The number of nitrogens with zero attached hydrogens (tertiary/aromatic N) is 1. The van der Waals surface area contributed by atoms with E-state index in [9.17, 15) is 0 Å². The quantitative estimate of drug-likeness (QED) is 0.496. The number of rotatable bonds is 3. The van der Waals surface area contributed by atoms with E-state index in [1.807, 2.05) is 6.07 Å². The molecule has 2 aliphatic carbocycles. The molecule has 3 unspecified atom stereocenters.